The van der Waals surface area contributed by atoms with E-state index >= 15 is 0 Å². The van der Waals surface area contributed by atoms with Crippen molar-refractivity contribution in [2.24, 2.45) is 0 Å². The van der Waals surface area contributed by atoms with Gasteiger partial charge in [0.2, 0.25) is 11.8 Å². The zero-order valence-corrected chi connectivity index (χ0v) is 15.1. The van der Waals surface area contributed by atoms with Gasteiger partial charge in [-0.25, -0.2) is 0 Å². The first-order valence-corrected chi connectivity index (χ1v) is 8.87. The number of hydrogen-bond acceptors (Lipinski definition) is 4. The molecule has 1 fully saturated rings. The summed E-state index contributed by atoms with van der Waals surface area (Å²) in [5, 5.41) is 5.81. The number of nitrogens with zero attached hydrogens (tertiary/aromatic N) is 1. The highest BCUT2D eigenvalue weighted by Crippen LogP contribution is 2.31. The molecule has 1 aliphatic rings. The first-order chi connectivity index (χ1) is 12.8. The molecule has 2 rings (SSSR count). The molecule has 0 saturated carbocycles. The Balaban J connectivity index is 1.69. The Kier molecular flexibility index (Phi) is 7.46. The van der Waals surface area contributed by atoms with E-state index < -0.39 is 11.7 Å². The van der Waals surface area contributed by atoms with Gasteiger partial charge >= 0.3 is 6.18 Å². The van der Waals surface area contributed by atoms with Gasteiger partial charge in [-0.2, -0.15) is 13.2 Å². The highest BCUT2D eigenvalue weighted by molar-refractivity contribution is 5.85. The molecule has 9 heteroatoms. The number of ether oxygens (including phenoxy) is 1. The number of benzene rings is 1. The molecule has 27 heavy (non-hydrogen) atoms. The predicted molar refractivity (Wildman–Crippen MR) is 93.0 cm³/mol. The van der Waals surface area contributed by atoms with Gasteiger partial charge in [-0.3, -0.25) is 14.9 Å². The highest BCUT2D eigenvalue weighted by atomic mass is 19.4. The van der Waals surface area contributed by atoms with Crippen LogP contribution in [0.3, 0.4) is 0 Å². The van der Waals surface area contributed by atoms with E-state index in [1.165, 1.54) is 17.0 Å². The van der Waals surface area contributed by atoms with Crippen molar-refractivity contribution in [2.75, 3.05) is 26.4 Å². The summed E-state index contributed by atoms with van der Waals surface area (Å²) in [6, 6.07) is 4.71. The van der Waals surface area contributed by atoms with Gasteiger partial charge in [-0.1, -0.05) is 19.4 Å². The molecule has 1 saturated heterocycles. The maximum absolute atomic E-state index is 12.6. The van der Waals surface area contributed by atoms with Crippen molar-refractivity contribution >= 4 is 11.8 Å². The summed E-state index contributed by atoms with van der Waals surface area (Å²) in [6.07, 6.45) is -2.16. The van der Waals surface area contributed by atoms with Gasteiger partial charge in [0.25, 0.3) is 0 Å². The molecule has 1 aromatic carbocycles. The van der Waals surface area contributed by atoms with E-state index in [0.29, 0.717) is 13.1 Å². The number of rotatable bonds is 8. The van der Waals surface area contributed by atoms with Crippen LogP contribution < -0.4 is 15.4 Å². The minimum atomic E-state index is -4.43. The van der Waals surface area contributed by atoms with Crippen molar-refractivity contribution in [1.29, 1.82) is 0 Å². The normalized spacial score (nSPS) is 17.7. The second-order valence-corrected chi connectivity index (χ2v) is 6.37. The molecule has 6 nitrogen and oxygen atoms in total. The van der Waals surface area contributed by atoms with E-state index in [1.807, 2.05) is 6.92 Å². The molecule has 150 valence electrons. The maximum Gasteiger partial charge on any atom is 0.416 e. The van der Waals surface area contributed by atoms with Crippen LogP contribution >= 0.6 is 0 Å². The van der Waals surface area contributed by atoms with Gasteiger partial charge in [0.05, 0.1) is 18.8 Å². The Bertz CT molecular complexity index is 652. The molecule has 1 unspecified atom stereocenters. The fourth-order valence-corrected chi connectivity index (χ4v) is 2.79. The summed E-state index contributed by atoms with van der Waals surface area (Å²) in [4.78, 5) is 25.4. The van der Waals surface area contributed by atoms with Crippen LogP contribution in [0.1, 0.15) is 31.7 Å². The molecule has 1 atom stereocenters. The maximum atomic E-state index is 12.6. The summed E-state index contributed by atoms with van der Waals surface area (Å²) in [7, 11) is 0. The number of nitrogens with one attached hydrogen (secondary N) is 2. The summed E-state index contributed by atoms with van der Waals surface area (Å²) in [6.45, 7) is 2.47. The summed E-state index contributed by atoms with van der Waals surface area (Å²) in [5.74, 6) is -0.328. The fraction of sp³-hybridized carbons (Fsp3) is 0.556. The average molecular weight is 387 g/mol. The first-order valence-electron chi connectivity index (χ1n) is 8.87. The van der Waals surface area contributed by atoms with Gasteiger partial charge < -0.3 is 15.0 Å². The van der Waals surface area contributed by atoms with Crippen molar-refractivity contribution in [3.05, 3.63) is 29.8 Å². The number of alkyl halides is 3. The van der Waals surface area contributed by atoms with E-state index in [2.05, 4.69) is 10.6 Å². The van der Waals surface area contributed by atoms with Gasteiger partial charge in [-0.15, -0.1) is 0 Å². The first kappa shape index (κ1) is 21.0. The van der Waals surface area contributed by atoms with Crippen LogP contribution in [0.25, 0.3) is 0 Å². The molecule has 2 amide bonds. The summed E-state index contributed by atoms with van der Waals surface area (Å²) < 4.78 is 43.1. The smallest absolute Gasteiger partial charge is 0.416 e. The van der Waals surface area contributed by atoms with E-state index in [-0.39, 0.29) is 43.3 Å². The molecule has 0 radical (unpaired) electrons. The average Bonchev–Trinajstić information content (AvgIpc) is 2.61. The molecule has 1 heterocycles. The minimum Gasteiger partial charge on any atom is -0.492 e. The Morgan fingerprint density at radius 1 is 1.41 bits per heavy atom. The minimum absolute atomic E-state index is 0.0256. The molecule has 0 bridgehead atoms. The van der Waals surface area contributed by atoms with Gasteiger partial charge in [0.15, 0.2) is 0 Å². The van der Waals surface area contributed by atoms with E-state index in [0.717, 1.165) is 25.0 Å². The third kappa shape index (κ3) is 6.74. The molecular formula is C18H24F3N3O3. The zero-order valence-electron chi connectivity index (χ0n) is 15.1. The molecule has 1 aliphatic heterocycles. The Labute approximate surface area is 156 Å². The van der Waals surface area contributed by atoms with Crippen LogP contribution in [0.15, 0.2) is 24.3 Å². The molecule has 0 aromatic heterocycles. The van der Waals surface area contributed by atoms with Gasteiger partial charge in [-0.05, 0) is 24.6 Å². The SMILES string of the molecule is CCCC1CC(=O)N(CC(=O)NCCOc2cccc(C(F)(F)F)c2)CN1. The lowest BCUT2D eigenvalue weighted by molar-refractivity contribution is -0.139. The van der Waals surface area contributed by atoms with E-state index in [1.54, 1.807) is 0 Å². The van der Waals surface area contributed by atoms with Crippen molar-refractivity contribution < 1.29 is 27.5 Å². The standard InChI is InChI=1S/C18H24F3N3O3/c1-2-4-14-10-17(26)24(12-23-14)11-16(25)22-7-8-27-15-6-3-5-13(9-15)18(19,20)21/h3,5-6,9,14,23H,2,4,7-8,10-12H2,1H3,(H,22,25). The largest absolute Gasteiger partial charge is 0.492 e. The van der Waals surface area contributed by atoms with Crippen LogP contribution in [-0.4, -0.2) is 49.1 Å². The van der Waals surface area contributed by atoms with Crippen LogP contribution in [0.5, 0.6) is 5.75 Å². The van der Waals surface area contributed by atoms with Gasteiger partial charge in [0, 0.05) is 12.5 Å². The van der Waals surface area contributed by atoms with Crippen LogP contribution in [0, 0.1) is 0 Å². The number of carbonyl (C=O) groups is 2. The molecular weight excluding hydrogens is 363 g/mol. The lowest BCUT2D eigenvalue weighted by Crippen LogP contribution is -2.53. The fourth-order valence-electron chi connectivity index (χ4n) is 2.79. The third-order valence-corrected chi connectivity index (χ3v) is 4.17. The van der Waals surface area contributed by atoms with Crippen molar-refractivity contribution in [1.82, 2.24) is 15.5 Å². The number of amides is 2. The van der Waals surface area contributed by atoms with Crippen molar-refractivity contribution in [2.45, 2.75) is 38.4 Å². The highest BCUT2D eigenvalue weighted by Gasteiger charge is 2.30. The Morgan fingerprint density at radius 3 is 2.85 bits per heavy atom. The second kappa shape index (κ2) is 9.59. The Morgan fingerprint density at radius 2 is 2.19 bits per heavy atom. The topological polar surface area (TPSA) is 70.7 Å². The van der Waals surface area contributed by atoms with Crippen LogP contribution in [0.4, 0.5) is 13.2 Å². The van der Waals surface area contributed by atoms with E-state index in [4.69, 9.17) is 4.74 Å². The number of halogens is 3. The van der Waals surface area contributed by atoms with Crippen LogP contribution in [-0.2, 0) is 15.8 Å². The lowest BCUT2D eigenvalue weighted by Gasteiger charge is -2.32. The molecule has 0 aliphatic carbocycles. The van der Waals surface area contributed by atoms with Crippen LogP contribution in [0.2, 0.25) is 0 Å². The summed E-state index contributed by atoms with van der Waals surface area (Å²) >= 11 is 0. The lowest BCUT2D eigenvalue weighted by atomic mass is 10.1. The van der Waals surface area contributed by atoms with Crippen molar-refractivity contribution in [3.8, 4) is 5.75 Å². The van der Waals surface area contributed by atoms with Gasteiger partial charge in [0.1, 0.15) is 18.9 Å². The quantitative estimate of drug-likeness (QED) is 0.671. The second-order valence-electron chi connectivity index (χ2n) is 6.37. The van der Waals surface area contributed by atoms with E-state index in [9.17, 15) is 22.8 Å². The zero-order chi connectivity index (χ0) is 19.9. The van der Waals surface area contributed by atoms with Crippen molar-refractivity contribution in [3.63, 3.8) is 0 Å². The number of carbonyl (C=O) groups excluding carboxylic acids is 2. The molecule has 1 aromatic rings. The Hall–Kier alpha value is -2.29. The molecule has 2 N–H and O–H groups in total. The predicted octanol–water partition coefficient (Wildman–Crippen LogP) is 2.15. The summed E-state index contributed by atoms with van der Waals surface area (Å²) in [5.41, 5.74) is -0.790. The molecule has 0 spiro atoms. The third-order valence-electron chi connectivity index (χ3n) is 4.17. The number of hydrogen-bond donors (Lipinski definition) is 2. The monoisotopic (exact) mass is 387 g/mol.